The number of hydrogen-bond acceptors (Lipinski definition) is 8. The van der Waals surface area contributed by atoms with E-state index in [1.165, 1.54) is 116 Å². The Morgan fingerprint density at radius 3 is 1.36 bits per heavy atom. The Morgan fingerprint density at radius 2 is 0.925 bits per heavy atom. The maximum Gasteiger partial charge on any atom is 0.472 e. The lowest BCUT2D eigenvalue weighted by atomic mass is 10.1. The van der Waals surface area contributed by atoms with Crippen LogP contribution >= 0.6 is 7.82 Å². The van der Waals surface area contributed by atoms with Crippen molar-refractivity contribution in [2.24, 2.45) is 5.73 Å². The first-order valence-electron chi connectivity index (χ1n) is 21.8. The molecule has 0 aliphatic rings. The zero-order chi connectivity index (χ0) is 38.9. The van der Waals surface area contributed by atoms with Crippen molar-refractivity contribution in [3.63, 3.8) is 0 Å². The minimum Gasteiger partial charge on any atom is -0.462 e. The predicted octanol–water partition coefficient (Wildman–Crippen LogP) is 12.4. The molecular weight excluding hydrogens is 689 g/mol. The molecule has 0 bridgehead atoms. The van der Waals surface area contributed by atoms with Crippen LogP contribution in [0.3, 0.4) is 0 Å². The van der Waals surface area contributed by atoms with Gasteiger partial charge in [-0.25, -0.2) is 4.57 Å². The monoisotopic (exact) mass is 772 g/mol. The summed E-state index contributed by atoms with van der Waals surface area (Å²) >= 11 is 0. The Balaban J connectivity index is 4.16. The molecule has 3 N–H and O–H groups in total. The second kappa shape index (κ2) is 40.2. The summed E-state index contributed by atoms with van der Waals surface area (Å²) in [6, 6.07) is 0. The lowest BCUT2D eigenvalue weighted by Crippen LogP contribution is -2.29. The Bertz CT molecular complexity index is 928. The molecule has 0 saturated carbocycles. The van der Waals surface area contributed by atoms with Crippen molar-refractivity contribution in [1.82, 2.24) is 0 Å². The van der Waals surface area contributed by atoms with E-state index in [9.17, 15) is 19.0 Å². The van der Waals surface area contributed by atoms with Gasteiger partial charge in [-0.1, -0.05) is 154 Å². The SMILES string of the molecule is CCCCCCCC/C=C/CCCCCCCCCC(=O)OC[C@H](COP(=O)(O)OCCN)OC(=O)CCCCC/C=C/CCCCCCCCCC. The topological polar surface area (TPSA) is 134 Å². The lowest BCUT2D eigenvalue weighted by molar-refractivity contribution is -0.161. The largest absolute Gasteiger partial charge is 0.472 e. The van der Waals surface area contributed by atoms with Gasteiger partial charge in [0.2, 0.25) is 0 Å². The van der Waals surface area contributed by atoms with Crippen molar-refractivity contribution in [3.8, 4) is 0 Å². The Kier molecular flexibility index (Phi) is 39.0. The van der Waals surface area contributed by atoms with E-state index in [1.807, 2.05) is 0 Å². The van der Waals surface area contributed by atoms with Crippen molar-refractivity contribution in [3.05, 3.63) is 24.3 Å². The number of carbonyl (C=O) groups excluding carboxylic acids is 2. The Morgan fingerprint density at radius 1 is 0.547 bits per heavy atom. The van der Waals surface area contributed by atoms with Gasteiger partial charge in [-0.2, -0.15) is 0 Å². The summed E-state index contributed by atoms with van der Waals surface area (Å²) in [7, 11) is -4.38. The smallest absolute Gasteiger partial charge is 0.462 e. The first-order chi connectivity index (χ1) is 25.8. The highest BCUT2D eigenvalue weighted by molar-refractivity contribution is 7.47. The summed E-state index contributed by atoms with van der Waals surface area (Å²) < 4.78 is 32.7. The van der Waals surface area contributed by atoms with Gasteiger partial charge in [-0.05, 0) is 64.2 Å². The van der Waals surface area contributed by atoms with Gasteiger partial charge in [0.15, 0.2) is 6.10 Å². The van der Waals surface area contributed by atoms with Crippen LogP contribution in [0.1, 0.15) is 206 Å². The van der Waals surface area contributed by atoms with Crippen LogP contribution in [0.4, 0.5) is 0 Å². The van der Waals surface area contributed by atoms with E-state index in [4.69, 9.17) is 24.3 Å². The highest BCUT2D eigenvalue weighted by atomic mass is 31.2. The normalized spacial score (nSPS) is 13.5. The van der Waals surface area contributed by atoms with Gasteiger partial charge in [0, 0.05) is 19.4 Å². The molecule has 9 nitrogen and oxygen atoms in total. The average molecular weight is 772 g/mol. The van der Waals surface area contributed by atoms with Crippen molar-refractivity contribution in [1.29, 1.82) is 0 Å². The first kappa shape index (κ1) is 51.5. The Labute approximate surface area is 325 Å². The number of phosphoric ester groups is 1. The summed E-state index contributed by atoms with van der Waals surface area (Å²) in [5.41, 5.74) is 5.34. The fraction of sp³-hybridized carbons (Fsp3) is 0.860. The zero-order valence-corrected chi connectivity index (χ0v) is 35.2. The summed E-state index contributed by atoms with van der Waals surface area (Å²) in [6.45, 7) is 3.72. The summed E-state index contributed by atoms with van der Waals surface area (Å²) in [4.78, 5) is 34.8. The summed E-state index contributed by atoms with van der Waals surface area (Å²) in [5.74, 6) is -0.847. The zero-order valence-electron chi connectivity index (χ0n) is 34.3. The van der Waals surface area contributed by atoms with E-state index >= 15 is 0 Å². The number of carbonyl (C=O) groups is 2. The third-order valence-electron chi connectivity index (χ3n) is 9.31. The molecule has 53 heavy (non-hydrogen) atoms. The predicted molar refractivity (Wildman–Crippen MR) is 220 cm³/mol. The molecule has 0 aliphatic heterocycles. The number of phosphoric acid groups is 1. The number of hydrogen-bond donors (Lipinski definition) is 2. The van der Waals surface area contributed by atoms with Gasteiger partial charge < -0.3 is 20.1 Å². The standard InChI is InChI=1S/C43H82NO8P/c1-3-5-7-9-11-13-15-17-19-20-22-23-25-27-29-31-33-35-42(45)49-39-41(40-51-53(47,48)50-38-37-44)52-43(46)36-34-32-30-28-26-24-21-18-16-14-12-10-8-6-4-2/h17,19,24,26,41H,3-16,18,20-23,25,27-40,44H2,1-2H3,(H,47,48)/b19-17+,26-24+/t41-/m1/s1. The third kappa shape index (κ3) is 40.0. The van der Waals surface area contributed by atoms with Crippen molar-refractivity contribution in [2.45, 2.75) is 213 Å². The van der Waals surface area contributed by atoms with Crippen molar-refractivity contribution < 1.29 is 37.6 Å². The minimum absolute atomic E-state index is 0.0516. The molecule has 0 fully saturated rings. The van der Waals surface area contributed by atoms with Gasteiger partial charge in [0.05, 0.1) is 13.2 Å². The van der Waals surface area contributed by atoms with Crippen LogP contribution < -0.4 is 5.73 Å². The number of rotatable bonds is 41. The first-order valence-corrected chi connectivity index (χ1v) is 23.3. The van der Waals surface area contributed by atoms with E-state index in [2.05, 4.69) is 38.2 Å². The number of ether oxygens (including phenoxy) is 2. The van der Waals surface area contributed by atoms with Gasteiger partial charge in [0.1, 0.15) is 6.61 Å². The molecule has 0 amide bonds. The van der Waals surface area contributed by atoms with Crippen LogP contribution in [0.5, 0.6) is 0 Å². The number of nitrogens with two attached hydrogens (primary N) is 1. The van der Waals surface area contributed by atoms with E-state index in [1.54, 1.807) is 0 Å². The van der Waals surface area contributed by atoms with Crippen LogP contribution in [-0.2, 0) is 32.7 Å². The van der Waals surface area contributed by atoms with Gasteiger partial charge in [-0.15, -0.1) is 0 Å². The van der Waals surface area contributed by atoms with Crippen LogP contribution in [0, 0.1) is 0 Å². The van der Waals surface area contributed by atoms with E-state index in [0.29, 0.717) is 6.42 Å². The maximum atomic E-state index is 12.6. The molecule has 1 unspecified atom stereocenters. The second-order valence-electron chi connectivity index (χ2n) is 14.6. The average Bonchev–Trinajstić information content (AvgIpc) is 3.14. The fourth-order valence-corrected chi connectivity index (χ4v) is 6.80. The van der Waals surface area contributed by atoms with Crippen LogP contribution in [0.25, 0.3) is 0 Å². The minimum atomic E-state index is -4.38. The fourth-order valence-electron chi connectivity index (χ4n) is 6.04. The molecule has 0 aromatic heterocycles. The van der Waals surface area contributed by atoms with Gasteiger partial charge >= 0.3 is 19.8 Å². The molecule has 312 valence electrons. The molecule has 0 saturated heterocycles. The van der Waals surface area contributed by atoms with Crippen LogP contribution in [0.2, 0.25) is 0 Å². The molecule has 2 atom stereocenters. The molecule has 0 spiro atoms. The van der Waals surface area contributed by atoms with Crippen molar-refractivity contribution in [2.75, 3.05) is 26.4 Å². The quantitative estimate of drug-likeness (QED) is 0.0269. The van der Waals surface area contributed by atoms with E-state index < -0.39 is 26.5 Å². The molecule has 0 radical (unpaired) electrons. The lowest BCUT2D eigenvalue weighted by Gasteiger charge is -2.19. The molecule has 0 aromatic carbocycles. The summed E-state index contributed by atoms with van der Waals surface area (Å²) in [5, 5.41) is 0. The molecule has 0 rings (SSSR count). The van der Waals surface area contributed by atoms with Crippen LogP contribution in [0.15, 0.2) is 24.3 Å². The summed E-state index contributed by atoms with van der Waals surface area (Å²) in [6.07, 6.45) is 42.0. The highest BCUT2D eigenvalue weighted by Crippen LogP contribution is 2.43. The Hall–Kier alpha value is -1.51. The third-order valence-corrected chi connectivity index (χ3v) is 10.3. The van der Waals surface area contributed by atoms with Gasteiger partial charge in [-0.3, -0.25) is 18.6 Å². The highest BCUT2D eigenvalue weighted by Gasteiger charge is 2.26. The number of allylic oxidation sites excluding steroid dienone is 4. The number of unbranched alkanes of at least 4 members (excludes halogenated alkanes) is 24. The van der Waals surface area contributed by atoms with Crippen LogP contribution in [-0.4, -0.2) is 49.3 Å². The van der Waals surface area contributed by atoms with Crippen molar-refractivity contribution >= 4 is 19.8 Å². The molecule has 10 heteroatoms. The molecule has 0 heterocycles. The maximum absolute atomic E-state index is 12.6. The second-order valence-corrected chi connectivity index (χ2v) is 16.0. The molecule has 0 aliphatic carbocycles. The van der Waals surface area contributed by atoms with E-state index in [-0.39, 0.29) is 38.6 Å². The molecular formula is C43H82NO8P. The van der Waals surface area contributed by atoms with E-state index in [0.717, 1.165) is 57.8 Å². The molecule has 0 aromatic rings. The number of esters is 2. The van der Waals surface area contributed by atoms with Gasteiger partial charge in [0.25, 0.3) is 0 Å².